The number of nitrogens with zero attached hydrogens (tertiary/aromatic N) is 3. The van der Waals surface area contributed by atoms with Gasteiger partial charge >= 0.3 is 0 Å². The zero-order valence-electron chi connectivity index (χ0n) is 16.6. The van der Waals surface area contributed by atoms with Crippen LogP contribution in [0.4, 0.5) is 11.8 Å². The monoisotopic (exact) mass is 436 g/mol. The van der Waals surface area contributed by atoms with Gasteiger partial charge in [0.1, 0.15) is 5.82 Å². The average molecular weight is 437 g/mol. The quantitative estimate of drug-likeness (QED) is 0.786. The number of halogens is 1. The van der Waals surface area contributed by atoms with Crippen molar-refractivity contribution in [1.29, 1.82) is 0 Å². The molecular weight excluding hydrogens is 412 g/mol. The minimum atomic E-state index is -3.13. The molecule has 1 aliphatic carbocycles. The summed E-state index contributed by atoms with van der Waals surface area (Å²) in [6.45, 7) is 3.87. The minimum absolute atomic E-state index is 0.0391. The number of aryl methyl sites for hydroxylation is 1. The lowest BCUT2D eigenvalue weighted by Crippen LogP contribution is -2.35. The SMILES string of the molecule is Cc1cc(N2CC3(CC3)COCC2c2ccc(CS(C)(=O)=O)cc2Cl)nc(N)n1. The van der Waals surface area contributed by atoms with Crippen molar-refractivity contribution in [1.82, 2.24) is 9.97 Å². The Hall–Kier alpha value is -1.90. The van der Waals surface area contributed by atoms with E-state index in [1.54, 1.807) is 6.07 Å². The maximum Gasteiger partial charge on any atom is 0.222 e. The third-order valence-corrected chi connectivity index (χ3v) is 6.71. The molecule has 1 spiro atoms. The van der Waals surface area contributed by atoms with Gasteiger partial charge in [-0.25, -0.2) is 13.4 Å². The van der Waals surface area contributed by atoms with E-state index in [0.717, 1.165) is 36.5 Å². The van der Waals surface area contributed by atoms with Crippen LogP contribution >= 0.6 is 11.6 Å². The van der Waals surface area contributed by atoms with Gasteiger partial charge in [0.15, 0.2) is 9.84 Å². The molecule has 4 rings (SSSR count). The molecule has 1 saturated heterocycles. The Bertz CT molecular complexity index is 1020. The molecule has 29 heavy (non-hydrogen) atoms. The number of rotatable bonds is 4. The van der Waals surface area contributed by atoms with Crippen molar-refractivity contribution in [2.45, 2.75) is 31.6 Å². The molecule has 0 amide bonds. The standard InChI is InChI=1S/C20H25ClN4O3S/c1-13-7-18(24-19(22)23-13)25-11-20(5-6-20)12-28-9-17(25)15-4-3-14(8-16(15)21)10-29(2,26)27/h3-4,7-8,17H,5-6,9-12H2,1-2H3,(H2,22,23,24). The third-order valence-electron chi connectivity index (χ3n) is 5.53. The van der Waals surface area contributed by atoms with Crippen molar-refractivity contribution in [2.75, 3.05) is 36.6 Å². The Kier molecular flexibility index (Phi) is 5.21. The predicted molar refractivity (Wildman–Crippen MR) is 114 cm³/mol. The smallest absolute Gasteiger partial charge is 0.222 e. The molecule has 1 unspecified atom stereocenters. The topological polar surface area (TPSA) is 98.4 Å². The van der Waals surface area contributed by atoms with E-state index in [-0.39, 0.29) is 23.2 Å². The third kappa shape index (κ3) is 4.65. The van der Waals surface area contributed by atoms with E-state index >= 15 is 0 Å². The fourth-order valence-electron chi connectivity index (χ4n) is 3.93. The first kappa shape index (κ1) is 20.4. The molecule has 2 heterocycles. The fraction of sp³-hybridized carbons (Fsp3) is 0.500. The summed E-state index contributed by atoms with van der Waals surface area (Å²) in [7, 11) is -3.13. The van der Waals surface area contributed by atoms with Gasteiger partial charge in [-0.15, -0.1) is 0 Å². The van der Waals surface area contributed by atoms with Gasteiger partial charge in [0.25, 0.3) is 0 Å². The highest BCUT2D eigenvalue weighted by Crippen LogP contribution is 2.50. The van der Waals surface area contributed by atoms with Gasteiger partial charge in [-0.2, -0.15) is 4.98 Å². The van der Waals surface area contributed by atoms with Gasteiger partial charge in [0.05, 0.1) is 25.0 Å². The Morgan fingerprint density at radius 2 is 2.07 bits per heavy atom. The van der Waals surface area contributed by atoms with Gasteiger partial charge in [-0.05, 0) is 37.0 Å². The van der Waals surface area contributed by atoms with E-state index in [4.69, 9.17) is 22.1 Å². The van der Waals surface area contributed by atoms with Crippen LogP contribution in [0.1, 0.15) is 35.7 Å². The van der Waals surface area contributed by atoms with Crippen molar-refractivity contribution < 1.29 is 13.2 Å². The highest BCUT2D eigenvalue weighted by atomic mass is 35.5. The molecule has 1 saturated carbocycles. The maximum absolute atomic E-state index is 11.6. The fourth-order valence-corrected chi connectivity index (χ4v) is 5.04. The van der Waals surface area contributed by atoms with E-state index < -0.39 is 9.84 Å². The molecule has 1 aromatic carbocycles. The predicted octanol–water partition coefficient (Wildman–Crippen LogP) is 2.92. The van der Waals surface area contributed by atoms with Crippen LogP contribution in [0.3, 0.4) is 0 Å². The lowest BCUT2D eigenvalue weighted by atomic mass is 10.0. The van der Waals surface area contributed by atoms with Crippen LogP contribution in [-0.2, 0) is 20.3 Å². The highest BCUT2D eigenvalue weighted by molar-refractivity contribution is 7.89. The van der Waals surface area contributed by atoms with Crippen LogP contribution in [-0.4, -0.2) is 44.4 Å². The van der Waals surface area contributed by atoms with Crippen LogP contribution in [0.25, 0.3) is 0 Å². The Morgan fingerprint density at radius 3 is 2.69 bits per heavy atom. The molecule has 7 nitrogen and oxygen atoms in total. The number of hydrogen-bond acceptors (Lipinski definition) is 7. The summed E-state index contributed by atoms with van der Waals surface area (Å²) in [4.78, 5) is 10.9. The number of nitrogens with two attached hydrogens (primary N) is 1. The molecule has 2 fully saturated rings. The Balaban J connectivity index is 1.73. The van der Waals surface area contributed by atoms with E-state index in [2.05, 4.69) is 14.9 Å². The van der Waals surface area contributed by atoms with Gasteiger partial charge in [-0.1, -0.05) is 23.7 Å². The van der Waals surface area contributed by atoms with Gasteiger partial charge in [0, 0.05) is 35.0 Å². The first-order valence-corrected chi connectivity index (χ1v) is 12.0. The largest absolute Gasteiger partial charge is 0.378 e. The molecule has 0 bridgehead atoms. The number of anilines is 2. The number of sulfone groups is 1. The van der Waals surface area contributed by atoms with Crippen molar-refractivity contribution in [2.24, 2.45) is 5.41 Å². The van der Waals surface area contributed by atoms with E-state index in [0.29, 0.717) is 23.8 Å². The van der Waals surface area contributed by atoms with E-state index in [1.807, 2.05) is 25.1 Å². The second-order valence-corrected chi connectivity index (χ2v) is 10.9. The summed E-state index contributed by atoms with van der Waals surface area (Å²) in [5.74, 6) is 0.958. The average Bonchev–Trinajstić information content (AvgIpc) is 3.38. The molecule has 156 valence electrons. The van der Waals surface area contributed by atoms with Crippen LogP contribution in [0, 0.1) is 12.3 Å². The van der Waals surface area contributed by atoms with Gasteiger partial charge in [-0.3, -0.25) is 0 Å². The number of hydrogen-bond donors (Lipinski definition) is 1. The second-order valence-electron chi connectivity index (χ2n) is 8.31. The molecule has 0 radical (unpaired) electrons. The lowest BCUT2D eigenvalue weighted by molar-refractivity contribution is 0.103. The van der Waals surface area contributed by atoms with Gasteiger partial charge < -0.3 is 15.4 Å². The van der Waals surface area contributed by atoms with Crippen molar-refractivity contribution in [3.05, 3.63) is 46.1 Å². The van der Waals surface area contributed by atoms with E-state index in [1.165, 1.54) is 6.26 Å². The number of ether oxygens (including phenoxy) is 1. The minimum Gasteiger partial charge on any atom is -0.378 e. The summed E-state index contributed by atoms with van der Waals surface area (Å²) in [5, 5.41) is 0.523. The van der Waals surface area contributed by atoms with Crippen LogP contribution in [0.5, 0.6) is 0 Å². The zero-order chi connectivity index (χ0) is 20.8. The van der Waals surface area contributed by atoms with Crippen LogP contribution in [0.2, 0.25) is 5.02 Å². The normalized spacial score (nSPS) is 21.2. The molecule has 2 N–H and O–H groups in total. The molecule has 1 atom stereocenters. The molecule has 9 heteroatoms. The van der Waals surface area contributed by atoms with E-state index in [9.17, 15) is 8.42 Å². The van der Waals surface area contributed by atoms with Crippen LogP contribution < -0.4 is 10.6 Å². The van der Waals surface area contributed by atoms with Crippen molar-refractivity contribution >= 4 is 33.2 Å². The number of nitrogen functional groups attached to an aromatic ring is 1. The first-order valence-electron chi connectivity index (χ1n) is 9.56. The second kappa shape index (κ2) is 7.41. The summed E-state index contributed by atoms with van der Waals surface area (Å²) < 4.78 is 29.3. The Morgan fingerprint density at radius 1 is 1.31 bits per heavy atom. The zero-order valence-corrected chi connectivity index (χ0v) is 18.1. The highest BCUT2D eigenvalue weighted by Gasteiger charge is 2.48. The van der Waals surface area contributed by atoms with Crippen molar-refractivity contribution in [3.8, 4) is 0 Å². The molecular formula is C20H25ClN4O3S. The summed E-state index contributed by atoms with van der Waals surface area (Å²) in [6.07, 6.45) is 3.46. The van der Waals surface area contributed by atoms with Crippen LogP contribution in [0.15, 0.2) is 24.3 Å². The maximum atomic E-state index is 11.6. The summed E-state index contributed by atoms with van der Waals surface area (Å²) in [5.41, 5.74) is 8.42. The van der Waals surface area contributed by atoms with Crippen molar-refractivity contribution in [3.63, 3.8) is 0 Å². The molecule has 2 aliphatic rings. The van der Waals surface area contributed by atoms with Gasteiger partial charge in [0.2, 0.25) is 5.95 Å². The number of aromatic nitrogens is 2. The first-order chi connectivity index (χ1) is 13.6. The molecule has 1 aromatic heterocycles. The number of benzene rings is 1. The Labute approximate surface area is 176 Å². The summed E-state index contributed by atoms with van der Waals surface area (Å²) >= 11 is 6.61. The molecule has 2 aromatic rings. The summed E-state index contributed by atoms with van der Waals surface area (Å²) in [6, 6.07) is 7.22. The molecule has 1 aliphatic heterocycles. The lowest BCUT2D eigenvalue weighted by Gasteiger charge is -2.33.